The quantitative estimate of drug-likeness (QED) is 0.109. The first kappa shape index (κ1) is 34.0. The lowest BCUT2D eigenvalue weighted by molar-refractivity contribution is -0.287. The van der Waals surface area contributed by atoms with Crippen molar-refractivity contribution in [2.24, 2.45) is 0 Å². The first-order valence-corrected chi connectivity index (χ1v) is 13.7. The predicted octanol–water partition coefficient (Wildman–Crippen LogP) is -1.77. The van der Waals surface area contributed by atoms with Crippen LogP contribution < -0.4 is 0 Å². The van der Waals surface area contributed by atoms with Gasteiger partial charge in [0.2, 0.25) is 0 Å². The van der Waals surface area contributed by atoms with E-state index in [1.807, 2.05) is 0 Å². The van der Waals surface area contributed by atoms with Gasteiger partial charge in [-0.25, -0.2) is 9.59 Å². The molecule has 9 N–H and O–H groups in total. The molecule has 2 fully saturated rings. The summed E-state index contributed by atoms with van der Waals surface area (Å²) < 4.78 is 20.7. The normalized spacial score (nSPS) is 32.1. The molecular weight excluding hydrogens is 600 g/mol. The lowest BCUT2D eigenvalue weighted by Crippen LogP contribution is -2.58. The summed E-state index contributed by atoms with van der Waals surface area (Å²) in [5, 5.41) is 90.1. The largest absolute Gasteiger partial charge is 0.508 e. The lowest BCUT2D eigenvalue weighted by atomic mass is 9.90. The van der Waals surface area contributed by atoms with Gasteiger partial charge in [-0.3, -0.25) is 0 Å². The van der Waals surface area contributed by atoms with Gasteiger partial charge in [-0.05, 0) is 41.5 Å². The second kappa shape index (κ2) is 14.9. The van der Waals surface area contributed by atoms with E-state index in [0.717, 1.165) is 12.2 Å². The average Bonchev–Trinajstić information content (AvgIpc) is 3.02. The van der Waals surface area contributed by atoms with E-state index in [4.69, 9.17) is 18.9 Å². The van der Waals surface area contributed by atoms with Crippen LogP contribution in [0.15, 0.2) is 54.6 Å². The number of ether oxygens (including phenoxy) is 4. The van der Waals surface area contributed by atoms with E-state index in [9.17, 15) is 55.5 Å². The van der Waals surface area contributed by atoms with Crippen molar-refractivity contribution in [3.63, 3.8) is 0 Å². The lowest BCUT2D eigenvalue weighted by Gasteiger charge is -2.40. The molecule has 15 nitrogen and oxygen atoms in total. The SMILES string of the molecule is O=C(/C=C/c1ccc([C@@H]2O[C@H](COC(=O)/C=C/c3ccc(O)cc3)[C@@H](O)[C@H](O)[C@H]2O)c(O)c1)OC[C@H]1O[C@@H](O)[C@H](O)[C@@H](O)[C@@H]1O. The summed E-state index contributed by atoms with van der Waals surface area (Å²) in [4.78, 5) is 24.3. The number of carbonyl (C=O) groups excluding carboxylic acids is 2. The number of esters is 2. The monoisotopic (exact) mass is 634 g/mol. The number of aliphatic hydroxyl groups excluding tert-OH is 7. The minimum Gasteiger partial charge on any atom is -0.508 e. The van der Waals surface area contributed by atoms with E-state index in [1.165, 1.54) is 42.5 Å². The van der Waals surface area contributed by atoms with Crippen LogP contribution in [0.25, 0.3) is 12.2 Å². The molecule has 15 heteroatoms. The molecule has 0 saturated carbocycles. The van der Waals surface area contributed by atoms with Crippen LogP contribution in [0.4, 0.5) is 0 Å². The maximum atomic E-state index is 12.2. The van der Waals surface area contributed by atoms with E-state index in [0.29, 0.717) is 11.1 Å². The third-order valence-electron chi connectivity index (χ3n) is 7.26. The number of phenols is 2. The molecule has 2 aliphatic heterocycles. The Hall–Kier alpha value is -3.90. The first-order chi connectivity index (χ1) is 21.3. The van der Waals surface area contributed by atoms with E-state index >= 15 is 0 Å². The minimum absolute atomic E-state index is 0.0273. The van der Waals surface area contributed by atoms with Crippen molar-refractivity contribution >= 4 is 24.1 Å². The van der Waals surface area contributed by atoms with E-state index in [2.05, 4.69) is 0 Å². The molecule has 0 unspecified atom stereocenters. The number of rotatable bonds is 9. The van der Waals surface area contributed by atoms with Crippen molar-refractivity contribution in [3.05, 3.63) is 71.3 Å². The van der Waals surface area contributed by atoms with Crippen molar-refractivity contribution in [1.29, 1.82) is 0 Å². The fourth-order valence-corrected chi connectivity index (χ4v) is 4.66. The number of phenolic OH excluding ortho intramolecular Hbond substituents is 2. The van der Waals surface area contributed by atoms with Crippen LogP contribution in [0.2, 0.25) is 0 Å². The van der Waals surface area contributed by atoms with Gasteiger partial charge in [0.05, 0.1) is 0 Å². The molecule has 0 spiro atoms. The number of aromatic hydroxyl groups is 2. The Morgan fingerprint density at radius 1 is 0.644 bits per heavy atom. The molecule has 2 aromatic rings. The highest BCUT2D eigenvalue weighted by Gasteiger charge is 2.46. The van der Waals surface area contributed by atoms with Gasteiger partial charge >= 0.3 is 11.9 Å². The molecule has 0 aliphatic carbocycles. The highest BCUT2D eigenvalue weighted by Crippen LogP contribution is 2.37. The van der Waals surface area contributed by atoms with Crippen LogP contribution in [-0.4, -0.2) is 126 Å². The fraction of sp³-hybridized carbons (Fsp3) is 0.400. The summed E-state index contributed by atoms with van der Waals surface area (Å²) in [6.07, 6.45) is -11.0. The number of carbonyl (C=O) groups is 2. The molecular formula is C30H34O15. The summed E-state index contributed by atoms with van der Waals surface area (Å²) in [7, 11) is 0. The summed E-state index contributed by atoms with van der Waals surface area (Å²) >= 11 is 0. The van der Waals surface area contributed by atoms with E-state index < -0.39 is 92.1 Å². The molecule has 4 rings (SSSR count). The standard InChI is InChI=1S/C30H34O15/c31-16-6-1-14(2-7-16)4-9-21(33)42-12-19-23(35)25(37)27(39)29(44-19)17-8-3-15(11-18(17)32)5-10-22(34)43-13-20-24(36)26(38)28(40)30(41)45-20/h1-11,19-20,23-32,35-41H,12-13H2/b9-4+,10-5+/t19-,20-,23-,24-,25+,26+,27-,28-,29+,30-/m1/s1. The molecule has 0 amide bonds. The molecule has 10 atom stereocenters. The highest BCUT2D eigenvalue weighted by atomic mass is 16.7. The van der Waals surface area contributed by atoms with Gasteiger partial charge < -0.3 is 64.9 Å². The molecule has 0 aromatic heterocycles. The van der Waals surface area contributed by atoms with Crippen molar-refractivity contribution in [2.75, 3.05) is 13.2 Å². The van der Waals surface area contributed by atoms with Crippen molar-refractivity contribution < 1.29 is 74.5 Å². The third-order valence-corrected chi connectivity index (χ3v) is 7.26. The zero-order valence-electron chi connectivity index (χ0n) is 23.5. The van der Waals surface area contributed by atoms with Crippen molar-refractivity contribution in [3.8, 4) is 11.5 Å². The average molecular weight is 635 g/mol. The summed E-state index contributed by atoms with van der Waals surface area (Å²) in [5.74, 6) is -2.03. The Morgan fingerprint density at radius 3 is 1.73 bits per heavy atom. The van der Waals surface area contributed by atoms with Crippen LogP contribution >= 0.6 is 0 Å². The Bertz CT molecular complexity index is 1380. The smallest absolute Gasteiger partial charge is 0.330 e. The maximum absolute atomic E-state index is 12.2. The number of hydrogen-bond acceptors (Lipinski definition) is 15. The second-order valence-corrected chi connectivity index (χ2v) is 10.4. The van der Waals surface area contributed by atoms with Crippen LogP contribution in [0, 0.1) is 0 Å². The minimum atomic E-state index is -1.79. The number of aliphatic hydroxyl groups is 7. The summed E-state index contributed by atoms with van der Waals surface area (Å²) in [6.45, 7) is -1.04. The molecule has 0 bridgehead atoms. The van der Waals surface area contributed by atoms with E-state index in [-0.39, 0.29) is 11.3 Å². The molecule has 2 saturated heterocycles. The van der Waals surface area contributed by atoms with Gasteiger partial charge in [-0.2, -0.15) is 0 Å². The Balaban J connectivity index is 1.34. The van der Waals surface area contributed by atoms with Crippen LogP contribution in [0.3, 0.4) is 0 Å². The van der Waals surface area contributed by atoms with Gasteiger partial charge in [0.15, 0.2) is 6.29 Å². The fourth-order valence-electron chi connectivity index (χ4n) is 4.66. The van der Waals surface area contributed by atoms with Gasteiger partial charge in [0, 0.05) is 17.7 Å². The Kier molecular flexibility index (Phi) is 11.3. The summed E-state index contributed by atoms with van der Waals surface area (Å²) in [5.41, 5.74) is 0.937. The Labute approximate surface area is 256 Å². The summed E-state index contributed by atoms with van der Waals surface area (Å²) in [6, 6.07) is 10.0. The van der Waals surface area contributed by atoms with Crippen molar-refractivity contribution in [2.45, 2.75) is 61.2 Å². The second-order valence-electron chi connectivity index (χ2n) is 10.4. The molecule has 2 aromatic carbocycles. The van der Waals surface area contributed by atoms with Crippen LogP contribution in [0.5, 0.6) is 11.5 Å². The maximum Gasteiger partial charge on any atom is 0.330 e. The van der Waals surface area contributed by atoms with Gasteiger partial charge in [-0.15, -0.1) is 0 Å². The zero-order valence-corrected chi connectivity index (χ0v) is 23.5. The van der Waals surface area contributed by atoms with Gasteiger partial charge in [0.1, 0.15) is 79.6 Å². The molecule has 0 radical (unpaired) electrons. The number of hydrogen-bond donors (Lipinski definition) is 9. The zero-order chi connectivity index (χ0) is 32.8. The Morgan fingerprint density at radius 2 is 1.16 bits per heavy atom. The molecule has 2 aliphatic rings. The molecule has 2 heterocycles. The van der Waals surface area contributed by atoms with Gasteiger partial charge in [-0.1, -0.05) is 24.3 Å². The molecule has 45 heavy (non-hydrogen) atoms. The van der Waals surface area contributed by atoms with E-state index in [1.54, 1.807) is 12.1 Å². The third kappa shape index (κ3) is 8.43. The predicted molar refractivity (Wildman–Crippen MR) is 151 cm³/mol. The first-order valence-electron chi connectivity index (χ1n) is 13.7. The van der Waals surface area contributed by atoms with Crippen molar-refractivity contribution in [1.82, 2.24) is 0 Å². The highest BCUT2D eigenvalue weighted by molar-refractivity contribution is 5.87. The molecule has 244 valence electrons. The van der Waals surface area contributed by atoms with Gasteiger partial charge in [0.25, 0.3) is 0 Å². The topological polar surface area (TPSA) is 253 Å². The number of benzene rings is 2. The van der Waals surface area contributed by atoms with Crippen LogP contribution in [-0.2, 0) is 28.5 Å². The van der Waals surface area contributed by atoms with Crippen LogP contribution in [0.1, 0.15) is 22.8 Å².